The van der Waals surface area contributed by atoms with Gasteiger partial charge < -0.3 is 19.7 Å². The standard InChI is InChI=1S/C32H41N3O6S/c1-6-8-20-33-32(37)28(7-2)34(22-25-12-10-9-11-13-25)31(36)23-35(29-21-26(40-4)16-19-30(29)41-5)42(38,39)27-17-14-24(3)15-18-27/h9-19,21,28H,6-8,20,22-23H2,1-5H3,(H,33,37). The molecule has 0 bridgehead atoms. The van der Waals surface area contributed by atoms with Gasteiger partial charge in [-0.2, -0.15) is 0 Å². The second-order valence-electron chi connectivity index (χ2n) is 9.94. The normalized spacial score (nSPS) is 11.8. The fourth-order valence-corrected chi connectivity index (χ4v) is 5.96. The van der Waals surface area contributed by atoms with Gasteiger partial charge in [-0.1, -0.05) is 68.3 Å². The van der Waals surface area contributed by atoms with Crippen molar-refractivity contribution in [1.29, 1.82) is 0 Å². The minimum absolute atomic E-state index is 0.0183. The van der Waals surface area contributed by atoms with Crippen LogP contribution in [0.3, 0.4) is 0 Å². The molecule has 0 aromatic heterocycles. The number of nitrogens with zero attached hydrogens (tertiary/aromatic N) is 2. The predicted molar refractivity (Wildman–Crippen MR) is 164 cm³/mol. The van der Waals surface area contributed by atoms with Crippen LogP contribution in [0.15, 0.2) is 77.7 Å². The lowest BCUT2D eigenvalue weighted by Gasteiger charge is -2.33. The van der Waals surface area contributed by atoms with Crippen LogP contribution in [0.2, 0.25) is 0 Å². The number of anilines is 1. The van der Waals surface area contributed by atoms with Gasteiger partial charge in [0.25, 0.3) is 10.0 Å². The van der Waals surface area contributed by atoms with E-state index in [0.717, 1.165) is 28.3 Å². The Bertz CT molecular complexity index is 1430. The number of benzene rings is 3. The Kier molecular flexibility index (Phi) is 11.8. The van der Waals surface area contributed by atoms with Crippen molar-refractivity contribution < 1.29 is 27.5 Å². The second-order valence-corrected chi connectivity index (χ2v) is 11.8. The van der Waals surface area contributed by atoms with Gasteiger partial charge in [0.05, 0.1) is 24.8 Å². The SMILES string of the molecule is CCCCNC(=O)C(CC)N(Cc1ccccc1)C(=O)CN(c1cc(OC)ccc1OC)S(=O)(=O)c1ccc(C)cc1. The van der Waals surface area contributed by atoms with E-state index in [9.17, 15) is 18.0 Å². The molecule has 2 amide bonds. The van der Waals surface area contributed by atoms with E-state index in [4.69, 9.17) is 9.47 Å². The average molecular weight is 596 g/mol. The predicted octanol–water partition coefficient (Wildman–Crippen LogP) is 4.93. The molecule has 3 rings (SSSR count). The van der Waals surface area contributed by atoms with Crippen molar-refractivity contribution in [2.45, 2.75) is 57.5 Å². The van der Waals surface area contributed by atoms with Gasteiger partial charge in [0.1, 0.15) is 24.1 Å². The number of hydrogen-bond acceptors (Lipinski definition) is 6. The summed E-state index contributed by atoms with van der Waals surface area (Å²) < 4.78 is 40.2. The van der Waals surface area contributed by atoms with Gasteiger partial charge in [0.15, 0.2) is 0 Å². The molecule has 0 radical (unpaired) electrons. The van der Waals surface area contributed by atoms with Crippen LogP contribution < -0.4 is 19.1 Å². The molecular weight excluding hydrogens is 554 g/mol. The molecule has 0 heterocycles. The van der Waals surface area contributed by atoms with Crippen molar-refractivity contribution in [2.24, 2.45) is 0 Å². The Hall–Kier alpha value is -4.05. The Morgan fingerprint density at radius 1 is 0.929 bits per heavy atom. The number of hydrogen-bond donors (Lipinski definition) is 1. The zero-order chi connectivity index (χ0) is 30.7. The van der Waals surface area contributed by atoms with E-state index < -0.39 is 28.5 Å². The molecule has 0 aliphatic heterocycles. The maximum absolute atomic E-state index is 14.2. The molecular formula is C32H41N3O6S. The lowest BCUT2D eigenvalue weighted by Crippen LogP contribution is -2.52. The highest BCUT2D eigenvalue weighted by atomic mass is 32.2. The van der Waals surface area contributed by atoms with E-state index in [2.05, 4.69) is 5.32 Å². The first-order valence-electron chi connectivity index (χ1n) is 14.1. The van der Waals surface area contributed by atoms with Crippen LogP contribution in [0.1, 0.15) is 44.2 Å². The minimum atomic E-state index is -4.25. The van der Waals surface area contributed by atoms with E-state index >= 15 is 0 Å². The van der Waals surface area contributed by atoms with Crippen molar-refractivity contribution in [3.05, 3.63) is 83.9 Å². The summed E-state index contributed by atoms with van der Waals surface area (Å²) in [5.41, 5.74) is 1.85. The summed E-state index contributed by atoms with van der Waals surface area (Å²) >= 11 is 0. The van der Waals surface area contributed by atoms with Crippen LogP contribution in [-0.4, -0.2) is 58.5 Å². The molecule has 0 spiro atoms. The number of amides is 2. The molecule has 42 heavy (non-hydrogen) atoms. The lowest BCUT2D eigenvalue weighted by molar-refractivity contribution is -0.140. The third-order valence-corrected chi connectivity index (χ3v) is 8.73. The van der Waals surface area contributed by atoms with E-state index in [1.165, 1.54) is 37.3 Å². The van der Waals surface area contributed by atoms with E-state index in [-0.39, 0.29) is 28.8 Å². The fraction of sp³-hybridized carbons (Fsp3) is 0.375. The molecule has 1 unspecified atom stereocenters. The number of nitrogens with one attached hydrogen (secondary N) is 1. The van der Waals surface area contributed by atoms with Crippen LogP contribution >= 0.6 is 0 Å². The maximum Gasteiger partial charge on any atom is 0.264 e. The smallest absolute Gasteiger partial charge is 0.264 e. The van der Waals surface area contributed by atoms with E-state index in [1.54, 1.807) is 24.3 Å². The number of methoxy groups -OCH3 is 2. The maximum atomic E-state index is 14.2. The minimum Gasteiger partial charge on any atom is -0.497 e. The summed E-state index contributed by atoms with van der Waals surface area (Å²) in [5, 5.41) is 2.93. The van der Waals surface area contributed by atoms with Gasteiger partial charge in [-0.05, 0) is 49.6 Å². The third-order valence-electron chi connectivity index (χ3n) is 6.95. The Morgan fingerprint density at radius 3 is 2.21 bits per heavy atom. The highest BCUT2D eigenvalue weighted by Crippen LogP contribution is 2.36. The molecule has 10 heteroatoms. The number of rotatable bonds is 15. The molecule has 0 saturated heterocycles. The first-order valence-corrected chi connectivity index (χ1v) is 15.5. The number of unbranched alkanes of at least 4 members (excludes halogenated alkanes) is 1. The molecule has 226 valence electrons. The van der Waals surface area contributed by atoms with Crippen molar-refractivity contribution >= 4 is 27.5 Å². The first-order chi connectivity index (χ1) is 20.2. The van der Waals surface area contributed by atoms with Gasteiger partial charge in [0, 0.05) is 19.2 Å². The Labute approximate surface area is 249 Å². The van der Waals surface area contributed by atoms with Gasteiger partial charge in [-0.3, -0.25) is 13.9 Å². The summed E-state index contributed by atoms with van der Waals surface area (Å²) in [7, 11) is -1.35. The second kappa shape index (κ2) is 15.3. The quantitative estimate of drug-likeness (QED) is 0.250. The van der Waals surface area contributed by atoms with Crippen molar-refractivity contribution in [3.8, 4) is 11.5 Å². The van der Waals surface area contributed by atoms with E-state index in [1.807, 2.05) is 51.1 Å². The topological polar surface area (TPSA) is 105 Å². The van der Waals surface area contributed by atoms with Crippen LogP contribution in [0, 0.1) is 6.92 Å². The van der Waals surface area contributed by atoms with Crippen molar-refractivity contribution in [3.63, 3.8) is 0 Å². The molecule has 9 nitrogen and oxygen atoms in total. The first kappa shape index (κ1) is 32.5. The largest absolute Gasteiger partial charge is 0.497 e. The van der Waals surface area contributed by atoms with Crippen LogP contribution in [-0.2, 0) is 26.2 Å². The third kappa shape index (κ3) is 8.03. The Balaban J connectivity index is 2.11. The van der Waals surface area contributed by atoms with Crippen LogP contribution in [0.25, 0.3) is 0 Å². The molecule has 1 atom stereocenters. The van der Waals surface area contributed by atoms with Crippen LogP contribution in [0.4, 0.5) is 5.69 Å². The lowest BCUT2D eigenvalue weighted by atomic mass is 10.1. The van der Waals surface area contributed by atoms with Crippen molar-refractivity contribution in [1.82, 2.24) is 10.2 Å². The Morgan fingerprint density at radius 2 is 1.62 bits per heavy atom. The van der Waals surface area contributed by atoms with Gasteiger partial charge in [-0.25, -0.2) is 8.42 Å². The number of ether oxygens (including phenoxy) is 2. The highest BCUT2D eigenvalue weighted by Gasteiger charge is 2.35. The summed E-state index contributed by atoms with van der Waals surface area (Å²) in [6, 6.07) is 19.7. The zero-order valence-corrected chi connectivity index (χ0v) is 25.8. The van der Waals surface area contributed by atoms with Crippen LogP contribution in [0.5, 0.6) is 11.5 Å². The van der Waals surface area contributed by atoms with Gasteiger partial charge >= 0.3 is 0 Å². The highest BCUT2D eigenvalue weighted by molar-refractivity contribution is 7.92. The fourth-order valence-electron chi connectivity index (χ4n) is 4.55. The number of aryl methyl sites for hydroxylation is 1. The number of carbonyl (C=O) groups is 2. The average Bonchev–Trinajstić information content (AvgIpc) is 3.00. The molecule has 0 saturated carbocycles. The monoisotopic (exact) mass is 595 g/mol. The van der Waals surface area contributed by atoms with Gasteiger partial charge in [-0.15, -0.1) is 0 Å². The molecule has 3 aromatic rings. The van der Waals surface area contributed by atoms with Crippen molar-refractivity contribution in [2.75, 3.05) is 31.6 Å². The van der Waals surface area contributed by atoms with Gasteiger partial charge in [0.2, 0.25) is 11.8 Å². The zero-order valence-electron chi connectivity index (χ0n) is 25.0. The summed E-state index contributed by atoms with van der Waals surface area (Å²) in [6.45, 7) is 5.79. The summed E-state index contributed by atoms with van der Waals surface area (Å²) in [6.07, 6.45) is 2.08. The molecule has 3 aromatic carbocycles. The molecule has 0 fully saturated rings. The van der Waals surface area contributed by atoms with E-state index in [0.29, 0.717) is 18.7 Å². The molecule has 0 aliphatic rings. The number of carbonyl (C=O) groups excluding carboxylic acids is 2. The summed E-state index contributed by atoms with van der Waals surface area (Å²) in [5.74, 6) is -0.164. The number of sulfonamides is 1. The molecule has 0 aliphatic carbocycles. The summed E-state index contributed by atoms with van der Waals surface area (Å²) in [4.78, 5) is 29.0. The molecule has 1 N–H and O–H groups in total.